The molecule has 4 rings (SSSR count). The number of urea groups is 1. The van der Waals surface area contributed by atoms with Crippen LogP contribution in [0.2, 0.25) is 0 Å². The van der Waals surface area contributed by atoms with Gasteiger partial charge in [0.05, 0.1) is 0 Å². The minimum atomic E-state index is -0.426. The van der Waals surface area contributed by atoms with E-state index in [1.807, 2.05) is 41.3 Å². The van der Waals surface area contributed by atoms with E-state index >= 15 is 0 Å². The molecule has 2 saturated heterocycles. The van der Waals surface area contributed by atoms with E-state index in [2.05, 4.69) is 29.6 Å². The maximum absolute atomic E-state index is 12.7. The van der Waals surface area contributed by atoms with E-state index in [1.165, 1.54) is 5.56 Å². The van der Waals surface area contributed by atoms with Crippen LogP contribution in [0.3, 0.4) is 0 Å². The summed E-state index contributed by atoms with van der Waals surface area (Å²) in [5.74, 6) is 0.491. The van der Waals surface area contributed by atoms with Gasteiger partial charge in [0.25, 0.3) is 0 Å². The highest BCUT2D eigenvalue weighted by Gasteiger charge is 2.35. The summed E-state index contributed by atoms with van der Waals surface area (Å²) < 4.78 is 0. The van der Waals surface area contributed by atoms with Gasteiger partial charge in [0, 0.05) is 25.3 Å². The third-order valence-electron chi connectivity index (χ3n) is 5.62. The lowest BCUT2D eigenvalue weighted by molar-refractivity contribution is -0.118. The minimum Gasteiger partial charge on any atom is -0.326 e. The van der Waals surface area contributed by atoms with Crippen LogP contribution in [0.4, 0.5) is 10.5 Å². The molecule has 140 valence electrons. The second-order valence-electron chi connectivity index (χ2n) is 7.29. The highest BCUT2D eigenvalue weighted by atomic mass is 16.2. The highest BCUT2D eigenvalue weighted by molar-refractivity contribution is 6.01. The molecule has 0 bridgehead atoms. The number of para-hydroxylation sites is 1. The molecular weight excluding hydrogens is 338 g/mol. The van der Waals surface area contributed by atoms with E-state index in [0.29, 0.717) is 18.9 Å². The Balaban J connectivity index is 1.31. The van der Waals surface area contributed by atoms with Gasteiger partial charge in [0.2, 0.25) is 5.91 Å². The Morgan fingerprint density at radius 1 is 0.852 bits per heavy atom. The number of hydrogen-bond donors (Lipinski definition) is 1. The maximum atomic E-state index is 12.7. The van der Waals surface area contributed by atoms with E-state index in [4.69, 9.17) is 0 Å². The molecule has 0 radical (unpaired) electrons. The lowest BCUT2D eigenvalue weighted by Crippen LogP contribution is -2.50. The van der Waals surface area contributed by atoms with Crippen molar-refractivity contribution in [1.82, 2.24) is 10.2 Å². The van der Waals surface area contributed by atoms with Crippen molar-refractivity contribution in [3.63, 3.8) is 0 Å². The highest BCUT2D eigenvalue weighted by Crippen LogP contribution is 2.28. The predicted octanol–water partition coefficient (Wildman–Crippen LogP) is 3.38. The Labute approximate surface area is 160 Å². The Hall–Kier alpha value is -2.82. The van der Waals surface area contributed by atoms with Crippen molar-refractivity contribution in [3.05, 3.63) is 66.2 Å². The summed E-state index contributed by atoms with van der Waals surface area (Å²) in [7, 11) is 0. The first kappa shape index (κ1) is 17.6. The van der Waals surface area contributed by atoms with Crippen LogP contribution in [0.25, 0.3) is 0 Å². The van der Waals surface area contributed by atoms with Gasteiger partial charge in [-0.2, -0.15) is 0 Å². The summed E-state index contributed by atoms with van der Waals surface area (Å²) in [6.45, 7) is 2.10. The van der Waals surface area contributed by atoms with Gasteiger partial charge in [-0.1, -0.05) is 48.5 Å². The van der Waals surface area contributed by atoms with Gasteiger partial charge < -0.3 is 15.1 Å². The zero-order valence-electron chi connectivity index (χ0n) is 15.4. The molecule has 0 saturated carbocycles. The number of rotatable bonds is 3. The first-order valence-corrected chi connectivity index (χ1v) is 9.69. The molecule has 0 aromatic heterocycles. The molecule has 0 aliphatic carbocycles. The standard InChI is InChI=1S/C22H25N3O2/c26-21-20(13-16-25(21)19-9-5-2-6-10-19)23-22(27)24-14-11-18(12-15-24)17-7-3-1-4-8-17/h1-10,18,20H,11-16H2,(H,23,27). The third kappa shape index (κ3) is 3.82. The predicted molar refractivity (Wildman–Crippen MR) is 106 cm³/mol. The zero-order chi connectivity index (χ0) is 18.6. The molecule has 2 aliphatic rings. The van der Waals surface area contributed by atoms with Crippen LogP contribution < -0.4 is 10.2 Å². The van der Waals surface area contributed by atoms with Crippen LogP contribution in [-0.4, -0.2) is 42.5 Å². The van der Waals surface area contributed by atoms with Crippen LogP contribution in [0.5, 0.6) is 0 Å². The molecule has 1 atom stereocenters. The average molecular weight is 363 g/mol. The molecule has 5 nitrogen and oxygen atoms in total. The van der Waals surface area contributed by atoms with Crippen molar-refractivity contribution in [3.8, 4) is 0 Å². The number of amides is 3. The van der Waals surface area contributed by atoms with E-state index < -0.39 is 6.04 Å². The largest absolute Gasteiger partial charge is 0.326 e. The monoisotopic (exact) mass is 363 g/mol. The van der Waals surface area contributed by atoms with Gasteiger partial charge in [-0.25, -0.2) is 4.79 Å². The normalized spacial score (nSPS) is 20.7. The van der Waals surface area contributed by atoms with Crippen molar-refractivity contribution in [2.24, 2.45) is 0 Å². The van der Waals surface area contributed by atoms with Crippen LogP contribution in [-0.2, 0) is 4.79 Å². The fraction of sp³-hybridized carbons (Fsp3) is 0.364. The molecular formula is C22H25N3O2. The lowest BCUT2D eigenvalue weighted by Gasteiger charge is -2.32. The fourth-order valence-electron chi connectivity index (χ4n) is 4.06. The molecule has 27 heavy (non-hydrogen) atoms. The quantitative estimate of drug-likeness (QED) is 0.909. The van der Waals surface area contributed by atoms with Gasteiger partial charge in [0.1, 0.15) is 6.04 Å². The molecule has 2 aliphatic heterocycles. The fourth-order valence-corrected chi connectivity index (χ4v) is 4.06. The number of hydrogen-bond acceptors (Lipinski definition) is 2. The van der Waals surface area contributed by atoms with Crippen LogP contribution in [0.1, 0.15) is 30.7 Å². The number of carbonyl (C=O) groups is 2. The van der Waals surface area contributed by atoms with Crippen molar-refractivity contribution in [2.75, 3.05) is 24.5 Å². The Bertz CT molecular complexity index is 786. The van der Waals surface area contributed by atoms with Crippen molar-refractivity contribution >= 4 is 17.6 Å². The number of likely N-dealkylation sites (tertiary alicyclic amines) is 1. The number of anilines is 1. The van der Waals surface area contributed by atoms with E-state index in [1.54, 1.807) is 4.90 Å². The molecule has 0 spiro atoms. The number of nitrogens with one attached hydrogen (secondary N) is 1. The van der Waals surface area contributed by atoms with Crippen LogP contribution >= 0.6 is 0 Å². The number of benzene rings is 2. The number of nitrogens with zero attached hydrogens (tertiary/aromatic N) is 2. The third-order valence-corrected chi connectivity index (χ3v) is 5.62. The SMILES string of the molecule is O=C(NC1CCN(c2ccccc2)C1=O)N1CCC(c2ccccc2)CC1. The Kier molecular flexibility index (Phi) is 5.10. The van der Waals surface area contributed by atoms with Gasteiger partial charge in [-0.15, -0.1) is 0 Å². The Morgan fingerprint density at radius 3 is 2.15 bits per heavy atom. The molecule has 2 fully saturated rings. The molecule has 1 N–H and O–H groups in total. The zero-order valence-corrected chi connectivity index (χ0v) is 15.4. The number of piperidine rings is 1. The number of carbonyl (C=O) groups excluding carboxylic acids is 2. The van der Waals surface area contributed by atoms with Gasteiger partial charge in [-0.3, -0.25) is 4.79 Å². The van der Waals surface area contributed by atoms with Crippen molar-refractivity contribution in [2.45, 2.75) is 31.2 Å². The van der Waals surface area contributed by atoms with Crippen molar-refractivity contribution in [1.29, 1.82) is 0 Å². The molecule has 3 amide bonds. The molecule has 5 heteroatoms. The van der Waals surface area contributed by atoms with Crippen LogP contribution in [0.15, 0.2) is 60.7 Å². The summed E-state index contributed by atoms with van der Waals surface area (Å²) in [5.41, 5.74) is 2.24. The first-order valence-electron chi connectivity index (χ1n) is 9.69. The molecule has 1 unspecified atom stereocenters. The molecule has 2 aromatic carbocycles. The van der Waals surface area contributed by atoms with E-state index in [-0.39, 0.29) is 11.9 Å². The minimum absolute atomic E-state index is 0.0197. The second-order valence-corrected chi connectivity index (χ2v) is 7.29. The van der Waals surface area contributed by atoms with Gasteiger partial charge in [-0.05, 0) is 42.9 Å². The summed E-state index contributed by atoms with van der Waals surface area (Å²) in [5, 5.41) is 2.95. The van der Waals surface area contributed by atoms with Crippen LogP contribution in [0, 0.1) is 0 Å². The first-order chi connectivity index (χ1) is 13.2. The van der Waals surface area contributed by atoms with Gasteiger partial charge in [0.15, 0.2) is 0 Å². The summed E-state index contributed by atoms with van der Waals surface area (Å²) in [4.78, 5) is 28.9. The smallest absolute Gasteiger partial charge is 0.318 e. The summed E-state index contributed by atoms with van der Waals surface area (Å²) in [6, 6.07) is 19.6. The summed E-state index contributed by atoms with van der Waals surface area (Å²) in [6.07, 6.45) is 2.58. The summed E-state index contributed by atoms with van der Waals surface area (Å²) >= 11 is 0. The van der Waals surface area contributed by atoms with E-state index in [9.17, 15) is 9.59 Å². The molecule has 2 aromatic rings. The Morgan fingerprint density at radius 2 is 1.48 bits per heavy atom. The molecule has 2 heterocycles. The second kappa shape index (κ2) is 7.82. The van der Waals surface area contributed by atoms with Crippen molar-refractivity contribution < 1.29 is 9.59 Å². The lowest BCUT2D eigenvalue weighted by atomic mass is 9.90. The topological polar surface area (TPSA) is 52.7 Å². The van der Waals surface area contributed by atoms with E-state index in [0.717, 1.165) is 31.6 Å². The maximum Gasteiger partial charge on any atom is 0.318 e. The average Bonchev–Trinajstić information content (AvgIpc) is 3.09. The van der Waals surface area contributed by atoms with Gasteiger partial charge >= 0.3 is 6.03 Å².